The molecule has 1 aromatic heterocycles. The topological polar surface area (TPSA) is 51.5 Å². The zero-order valence-electron chi connectivity index (χ0n) is 12.1. The van der Waals surface area contributed by atoms with Crippen molar-refractivity contribution in [3.63, 3.8) is 0 Å². The Morgan fingerprint density at radius 1 is 1.14 bits per heavy atom. The average molecular weight is 306 g/mol. The molecule has 0 radical (unpaired) electrons. The van der Waals surface area contributed by atoms with E-state index >= 15 is 0 Å². The molecule has 6 heteroatoms. The zero-order valence-corrected chi connectivity index (χ0v) is 12.9. The van der Waals surface area contributed by atoms with Crippen LogP contribution in [0.15, 0.2) is 47.5 Å². The molecule has 0 bridgehead atoms. The van der Waals surface area contributed by atoms with Gasteiger partial charge in [0.25, 0.3) is 0 Å². The van der Waals surface area contributed by atoms with Crippen molar-refractivity contribution in [3.8, 4) is 5.75 Å². The molecule has 2 heterocycles. The van der Waals surface area contributed by atoms with E-state index < -0.39 is 10.0 Å². The summed E-state index contributed by atoms with van der Waals surface area (Å²) in [6.07, 6.45) is 1.99. The van der Waals surface area contributed by atoms with Crippen molar-refractivity contribution in [1.82, 2.24) is 8.87 Å². The number of benzene rings is 1. The summed E-state index contributed by atoms with van der Waals surface area (Å²) in [5.41, 5.74) is 1.03. The lowest BCUT2D eigenvalue weighted by Gasteiger charge is -2.33. The van der Waals surface area contributed by atoms with E-state index in [9.17, 15) is 8.42 Å². The summed E-state index contributed by atoms with van der Waals surface area (Å²) in [5.74, 6) is 0.648. The minimum atomic E-state index is -3.49. The largest absolute Gasteiger partial charge is 0.497 e. The van der Waals surface area contributed by atoms with Crippen molar-refractivity contribution in [2.24, 2.45) is 0 Å². The second-order valence-electron chi connectivity index (χ2n) is 5.09. The molecule has 5 nitrogen and oxygen atoms in total. The number of nitrogens with zero attached hydrogens (tertiary/aromatic N) is 2. The molecule has 0 N–H and O–H groups in total. The van der Waals surface area contributed by atoms with Gasteiger partial charge in [0, 0.05) is 25.0 Å². The van der Waals surface area contributed by atoms with Crippen LogP contribution in [0, 0.1) is 0 Å². The summed E-state index contributed by atoms with van der Waals surface area (Å²) >= 11 is 0. The molecular formula is C15H18N2O3S. The van der Waals surface area contributed by atoms with Crippen LogP contribution >= 0.6 is 0 Å². The molecule has 1 aliphatic heterocycles. The highest BCUT2D eigenvalue weighted by Gasteiger charge is 2.33. The Bertz CT molecular complexity index is 735. The zero-order chi connectivity index (χ0) is 15.0. The first kappa shape index (κ1) is 14.2. The molecule has 0 saturated carbocycles. The van der Waals surface area contributed by atoms with Gasteiger partial charge in [0.15, 0.2) is 0 Å². The molecule has 21 heavy (non-hydrogen) atoms. The first-order chi connectivity index (χ1) is 10.0. The van der Waals surface area contributed by atoms with Gasteiger partial charge in [-0.2, -0.15) is 4.31 Å². The highest BCUT2D eigenvalue weighted by molar-refractivity contribution is 7.89. The molecule has 0 spiro atoms. The Morgan fingerprint density at radius 2 is 1.86 bits per heavy atom. The molecule has 0 amide bonds. The maximum Gasteiger partial charge on any atom is 0.243 e. The molecule has 1 unspecified atom stereocenters. The fourth-order valence-corrected chi connectivity index (χ4v) is 4.37. The van der Waals surface area contributed by atoms with Crippen molar-refractivity contribution < 1.29 is 13.2 Å². The SMILES string of the molecule is COc1ccc(S(=O)(=O)N2CCn3cccc3C2C)cc1. The number of ether oxygens (including phenoxy) is 1. The third kappa shape index (κ3) is 2.34. The smallest absolute Gasteiger partial charge is 0.243 e. The van der Waals surface area contributed by atoms with E-state index in [0.29, 0.717) is 23.7 Å². The van der Waals surface area contributed by atoms with Crippen molar-refractivity contribution >= 4 is 10.0 Å². The highest BCUT2D eigenvalue weighted by Crippen LogP contribution is 2.31. The summed E-state index contributed by atoms with van der Waals surface area (Å²) in [6.45, 7) is 3.09. The van der Waals surface area contributed by atoms with Crippen LogP contribution in [0.2, 0.25) is 0 Å². The summed E-state index contributed by atoms with van der Waals surface area (Å²) < 4.78 is 34.3. The molecule has 0 aliphatic carbocycles. The number of hydrogen-bond acceptors (Lipinski definition) is 3. The van der Waals surface area contributed by atoms with E-state index in [1.807, 2.05) is 25.3 Å². The summed E-state index contributed by atoms with van der Waals surface area (Å²) in [6, 6.07) is 10.3. The Balaban J connectivity index is 1.95. The summed E-state index contributed by atoms with van der Waals surface area (Å²) in [4.78, 5) is 0.301. The number of sulfonamides is 1. The minimum Gasteiger partial charge on any atom is -0.497 e. The number of aromatic nitrogens is 1. The van der Waals surface area contributed by atoms with Gasteiger partial charge in [-0.05, 0) is 43.3 Å². The fourth-order valence-electron chi connectivity index (χ4n) is 2.77. The van der Waals surface area contributed by atoms with Gasteiger partial charge in [0.05, 0.1) is 18.0 Å². The number of methoxy groups -OCH3 is 1. The van der Waals surface area contributed by atoms with Gasteiger partial charge in [-0.25, -0.2) is 8.42 Å². The minimum absolute atomic E-state index is 0.166. The average Bonchev–Trinajstić information content (AvgIpc) is 2.97. The monoisotopic (exact) mass is 306 g/mol. The lowest BCUT2D eigenvalue weighted by atomic mass is 10.2. The molecule has 112 valence electrons. The Labute approximate surface area is 124 Å². The fraction of sp³-hybridized carbons (Fsp3) is 0.333. The van der Waals surface area contributed by atoms with E-state index in [4.69, 9.17) is 4.74 Å². The first-order valence-electron chi connectivity index (χ1n) is 6.85. The quantitative estimate of drug-likeness (QED) is 0.874. The maximum atomic E-state index is 12.8. The van der Waals surface area contributed by atoms with Crippen LogP contribution in [-0.4, -0.2) is 30.9 Å². The third-order valence-electron chi connectivity index (χ3n) is 3.95. The van der Waals surface area contributed by atoms with Crippen molar-refractivity contribution in [2.45, 2.75) is 24.4 Å². The normalized spacial score (nSPS) is 19.2. The maximum absolute atomic E-state index is 12.8. The van der Waals surface area contributed by atoms with E-state index in [1.54, 1.807) is 35.7 Å². The van der Waals surface area contributed by atoms with Gasteiger partial charge in [0.1, 0.15) is 5.75 Å². The van der Waals surface area contributed by atoms with Gasteiger partial charge < -0.3 is 9.30 Å². The van der Waals surface area contributed by atoms with Crippen LogP contribution in [0.3, 0.4) is 0 Å². The van der Waals surface area contributed by atoms with E-state index in [2.05, 4.69) is 4.57 Å². The van der Waals surface area contributed by atoms with Gasteiger partial charge in [-0.15, -0.1) is 0 Å². The molecular weight excluding hydrogens is 288 g/mol. The Morgan fingerprint density at radius 3 is 2.52 bits per heavy atom. The molecule has 1 aromatic carbocycles. The van der Waals surface area contributed by atoms with E-state index in [1.165, 1.54) is 0 Å². The lowest BCUT2D eigenvalue weighted by molar-refractivity contribution is 0.282. The van der Waals surface area contributed by atoms with Crippen LogP contribution in [0.1, 0.15) is 18.7 Å². The molecule has 0 saturated heterocycles. The molecule has 2 aromatic rings. The van der Waals surface area contributed by atoms with Gasteiger partial charge >= 0.3 is 0 Å². The van der Waals surface area contributed by atoms with Gasteiger partial charge in [0.2, 0.25) is 10.0 Å². The van der Waals surface area contributed by atoms with E-state index in [0.717, 1.165) is 5.69 Å². The predicted molar refractivity (Wildman–Crippen MR) is 79.7 cm³/mol. The van der Waals surface area contributed by atoms with Gasteiger partial charge in [-0.1, -0.05) is 0 Å². The van der Waals surface area contributed by atoms with Gasteiger partial charge in [-0.3, -0.25) is 0 Å². The molecule has 3 rings (SSSR count). The van der Waals surface area contributed by atoms with Crippen LogP contribution in [0.4, 0.5) is 0 Å². The summed E-state index contributed by atoms with van der Waals surface area (Å²) in [5, 5.41) is 0. The summed E-state index contributed by atoms with van der Waals surface area (Å²) in [7, 11) is -1.93. The Kier molecular flexibility index (Phi) is 3.51. The third-order valence-corrected chi connectivity index (χ3v) is 5.94. The van der Waals surface area contributed by atoms with Crippen LogP contribution < -0.4 is 4.74 Å². The molecule has 0 fully saturated rings. The highest BCUT2D eigenvalue weighted by atomic mass is 32.2. The van der Waals surface area contributed by atoms with Crippen molar-refractivity contribution in [2.75, 3.05) is 13.7 Å². The molecule has 1 aliphatic rings. The molecule has 1 atom stereocenters. The van der Waals surface area contributed by atoms with Crippen LogP contribution in [0.5, 0.6) is 5.75 Å². The number of rotatable bonds is 3. The number of hydrogen-bond donors (Lipinski definition) is 0. The standard InChI is InChI=1S/C15H18N2O3S/c1-12-15-4-3-9-16(15)10-11-17(12)21(18,19)14-7-5-13(20-2)6-8-14/h3-9,12H,10-11H2,1-2H3. The number of fused-ring (bicyclic) bond motifs is 1. The second kappa shape index (κ2) is 5.20. The predicted octanol–water partition coefficient (Wildman–Crippen LogP) is 2.26. The second-order valence-corrected chi connectivity index (χ2v) is 6.98. The lowest BCUT2D eigenvalue weighted by Crippen LogP contribution is -2.40. The van der Waals surface area contributed by atoms with E-state index in [-0.39, 0.29) is 6.04 Å². The first-order valence-corrected chi connectivity index (χ1v) is 8.29. The van der Waals surface area contributed by atoms with Crippen LogP contribution in [-0.2, 0) is 16.6 Å². The Hall–Kier alpha value is -1.79. The van der Waals surface area contributed by atoms with Crippen LogP contribution in [0.25, 0.3) is 0 Å². The van der Waals surface area contributed by atoms with Crippen molar-refractivity contribution in [1.29, 1.82) is 0 Å². The van der Waals surface area contributed by atoms with Crippen molar-refractivity contribution in [3.05, 3.63) is 48.3 Å².